The molecule has 1 saturated heterocycles. The van der Waals surface area contributed by atoms with Gasteiger partial charge in [-0.2, -0.15) is 0 Å². The monoisotopic (exact) mass is 308 g/mol. The number of aryl methyl sites for hydroxylation is 1. The van der Waals surface area contributed by atoms with E-state index in [1.807, 2.05) is 0 Å². The van der Waals surface area contributed by atoms with Crippen LogP contribution in [0, 0.1) is 0 Å². The van der Waals surface area contributed by atoms with Gasteiger partial charge in [-0.15, -0.1) is 0 Å². The molecule has 4 rings (SSSR count). The number of nitrogens with one attached hydrogen (secondary N) is 1. The molecule has 1 saturated carbocycles. The summed E-state index contributed by atoms with van der Waals surface area (Å²) in [6.07, 6.45) is 7.34. The molecule has 0 spiro atoms. The first-order valence-corrected chi connectivity index (χ1v) is 9.27. The van der Waals surface area contributed by atoms with Crippen molar-refractivity contribution in [3.05, 3.63) is 17.6 Å². The van der Waals surface area contributed by atoms with Gasteiger partial charge >= 0.3 is 0 Å². The number of hydrogen-bond acceptors (Lipinski definition) is 5. The normalized spacial score (nSPS) is 25.3. The lowest BCUT2D eigenvalue weighted by Gasteiger charge is -2.20. The van der Waals surface area contributed by atoms with Gasteiger partial charge < -0.3 is 4.90 Å². The fourth-order valence-corrected chi connectivity index (χ4v) is 4.98. The third-order valence-electron chi connectivity index (χ3n) is 4.63. The van der Waals surface area contributed by atoms with Gasteiger partial charge in [-0.1, -0.05) is 0 Å². The van der Waals surface area contributed by atoms with Gasteiger partial charge in [0.25, 0.3) is 0 Å². The van der Waals surface area contributed by atoms with Crippen LogP contribution in [-0.2, 0) is 22.9 Å². The van der Waals surface area contributed by atoms with Crippen LogP contribution in [0.3, 0.4) is 0 Å². The van der Waals surface area contributed by atoms with E-state index in [2.05, 4.69) is 19.6 Å². The number of rotatable bonds is 4. The highest BCUT2D eigenvalue weighted by atomic mass is 32.2. The molecule has 1 atom stereocenters. The van der Waals surface area contributed by atoms with Crippen LogP contribution < -0.4 is 9.62 Å². The first kappa shape index (κ1) is 13.5. The summed E-state index contributed by atoms with van der Waals surface area (Å²) in [4.78, 5) is 11.0. The van der Waals surface area contributed by atoms with Crippen LogP contribution in [-0.4, -0.2) is 42.8 Å². The summed E-state index contributed by atoms with van der Waals surface area (Å²) in [6.45, 7) is 1.58. The van der Waals surface area contributed by atoms with Crippen molar-refractivity contribution >= 4 is 15.8 Å². The number of hydrogen-bond donors (Lipinski definition) is 1. The molecule has 0 radical (unpaired) electrons. The Balaban J connectivity index is 1.48. The molecule has 21 heavy (non-hydrogen) atoms. The van der Waals surface area contributed by atoms with E-state index in [1.165, 1.54) is 11.3 Å². The van der Waals surface area contributed by atoms with E-state index < -0.39 is 10.0 Å². The maximum atomic E-state index is 12.0. The molecule has 1 aliphatic heterocycles. The van der Waals surface area contributed by atoms with Gasteiger partial charge in [0.05, 0.1) is 5.25 Å². The Bertz CT molecular complexity index is 657. The predicted octanol–water partition coefficient (Wildman–Crippen LogP) is 0.626. The number of aromatic nitrogens is 2. The van der Waals surface area contributed by atoms with Gasteiger partial charge in [0.2, 0.25) is 10.0 Å². The van der Waals surface area contributed by atoms with Gasteiger partial charge in [0.15, 0.2) is 0 Å². The molecule has 3 aliphatic rings. The SMILES string of the molecule is O=S(=O)(NC1CCN(c2ncnc3c2CCC3)C1)C1CC1. The second kappa shape index (κ2) is 4.91. The summed E-state index contributed by atoms with van der Waals surface area (Å²) in [7, 11) is -3.10. The van der Waals surface area contributed by atoms with Crippen LogP contribution in [0.1, 0.15) is 36.9 Å². The molecule has 1 unspecified atom stereocenters. The lowest BCUT2D eigenvalue weighted by molar-refractivity contribution is 0.560. The Morgan fingerprint density at radius 1 is 1.19 bits per heavy atom. The minimum absolute atomic E-state index is 0.0163. The first-order valence-electron chi connectivity index (χ1n) is 7.72. The van der Waals surface area contributed by atoms with Crippen LogP contribution in [0.5, 0.6) is 0 Å². The van der Waals surface area contributed by atoms with E-state index in [0.717, 1.165) is 57.4 Å². The molecule has 1 aromatic rings. The molecule has 1 aromatic heterocycles. The second-order valence-electron chi connectivity index (χ2n) is 6.27. The van der Waals surface area contributed by atoms with E-state index >= 15 is 0 Å². The van der Waals surface area contributed by atoms with Gasteiger partial charge in [-0.3, -0.25) is 0 Å². The van der Waals surface area contributed by atoms with E-state index in [1.54, 1.807) is 6.33 Å². The van der Waals surface area contributed by atoms with Crippen LogP contribution in [0.15, 0.2) is 6.33 Å². The van der Waals surface area contributed by atoms with Crippen LogP contribution >= 0.6 is 0 Å². The first-order chi connectivity index (χ1) is 10.1. The zero-order valence-corrected chi connectivity index (χ0v) is 12.8. The Kier molecular flexibility index (Phi) is 3.15. The Hall–Kier alpha value is -1.21. The van der Waals surface area contributed by atoms with Crippen molar-refractivity contribution in [1.82, 2.24) is 14.7 Å². The summed E-state index contributed by atoms with van der Waals surface area (Å²) in [5.74, 6) is 1.02. The maximum absolute atomic E-state index is 12.0. The van der Waals surface area contributed by atoms with Crippen molar-refractivity contribution in [2.45, 2.75) is 49.8 Å². The molecule has 0 bridgehead atoms. The Labute approximate surface area is 125 Å². The van der Waals surface area contributed by atoms with Crippen molar-refractivity contribution < 1.29 is 8.42 Å². The molecule has 7 heteroatoms. The van der Waals surface area contributed by atoms with Gasteiger partial charge in [0, 0.05) is 30.4 Å². The highest BCUT2D eigenvalue weighted by molar-refractivity contribution is 7.90. The number of anilines is 1. The fourth-order valence-electron chi connectivity index (χ4n) is 3.37. The lowest BCUT2D eigenvalue weighted by Crippen LogP contribution is -2.39. The fraction of sp³-hybridized carbons (Fsp3) is 0.714. The lowest BCUT2D eigenvalue weighted by atomic mass is 10.2. The van der Waals surface area contributed by atoms with Crippen molar-refractivity contribution in [3.8, 4) is 0 Å². The average molecular weight is 308 g/mol. The standard InChI is InChI=1S/C14H20N4O2S/c19-21(20,11-4-5-11)17-10-6-7-18(8-10)14-12-2-1-3-13(12)15-9-16-14/h9-11,17H,1-8H2. The second-order valence-corrected chi connectivity index (χ2v) is 8.26. The van der Waals surface area contributed by atoms with Crippen LogP contribution in [0.25, 0.3) is 0 Å². The van der Waals surface area contributed by atoms with Crippen molar-refractivity contribution in [1.29, 1.82) is 0 Å². The quantitative estimate of drug-likeness (QED) is 0.883. The summed E-state index contributed by atoms with van der Waals surface area (Å²) in [6, 6.07) is 0.0163. The Morgan fingerprint density at radius 2 is 2.05 bits per heavy atom. The molecular weight excluding hydrogens is 288 g/mol. The topological polar surface area (TPSA) is 75.2 Å². The molecule has 0 aromatic carbocycles. The molecular formula is C14H20N4O2S. The molecule has 0 amide bonds. The van der Waals surface area contributed by atoms with Crippen LogP contribution in [0.4, 0.5) is 5.82 Å². The summed E-state index contributed by atoms with van der Waals surface area (Å²) >= 11 is 0. The molecule has 6 nitrogen and oxygen atoms in total. The zero-order chi connectivity index (χ0) is 14.4. The summed E-state index contributed by atoms with van der Waals surface area (Å²) in [5, 5.41) is -0.144. The van der Waals surface area contributed by atoms with Crippen molar-refractivity contribution in [2.24, 2.45) is 0 Å². The van der Waals surface area contributed by atoms with Gasteiger partial charge in [0.1, 0.15) is 12.1 Å². The maximum Gasteiger partial charge on any atom is 0.214 e. The molecule has 114 valence electrons. The third kappa shape index (κ3) is 2.53. The van der Waals surface area contributed by atoms with E-state index in [9.17, 15) is 8.42 Å². The van der Waals surface area contributed by atoms with Crippen LogP contribution in [0.2, 0.25) is 0 Å². The predicted molar refractivity (Wildman–Crippen MR) is 79.8 cm³/mol. The van der Waals surface area contributed by atoms with E-state index in [-0.39, 0.29) is 11.3 Å². The summed E-state index contributed by atoms with van der Waals surface area (Å²) < 4.78 is 26.9. The van der Waals surface area contributed by atoms with Crippen molar-refractivity contribution in [3.63, 3.8) is 0 Å². The largest absolute Gasteiger partial charge is 0.355 e. The van der Waals surface area contributed by atoms with Gasteiger partial charge in [-0.25, -0.2) is 23.1 Å². The zero-order valence-electron chi connectivity index (χ0n) is 12.0. The number of sulfonamides is 1. The highest BCUT2D eigenvalue weighted by Gasteiger charge is 2.38. The molecule has 1 N–H and O–H groups in total. The molecule has 2 heterocycles. The Morgan fingerprint density at radius 3 is 2.86 bits per heavy atom. The van der Waals surface area contributed by atoms with E-state index in [0.29, 0.717) is 0 Å². The molecule has 2 aliphatic carbocycles. The highest BCUT2D eigenvalue weighted by Crippen LogP contribution is 2.31. The van der Waals surface area contributed by atoms with Crippen molar-refractivity contribution in [2.75, 3.05) is 18.0 Å². The summed E-state index contributed by atoms with van der Waals surface area (Å²) in [5.41, 5.74) is 2.44. The average Bonchev–Trinajstić information content (AvgIpc) is 3.06. The van der Waals surface area contributed by atoms with E-state index in [4.69, 9.17) is 0 Å². The number of fused-ring (bicyclic) bond motifs is 1. The smallest absolute Gasteiger partial charge is 0.214 e. The minimum Gasteiger partial charge on any atom is -0.355 e. The minimum atomic E-state index is -3.10. The number of nitrogens with zero attached hydrogens (tertiary/aromatic N) is 3. The third-order valence-corrected chi connectivity index (χ3v) is 6.65. The molecule has 2 fully saturated rings. The van der Waals surface area contributed by atoms with Gasteiger partial charge in [-0.05, 0) is 38.5 Å².